The first-order valence-electron chi connectivity index (χ1n) is 6.56. The van der Waals surface area contributed by atoms with E-state index in [1.54, 1.807) is 27.5 Å². The number of aromatic nitrogens is 4. The predicted molar refractivity (Wildman–Crippen MR) is 81.4 cm³/mol. The standard InChI is InChI=1S/C13H17Cl2N5O/c1-4-19-6-11(15)12(17-19)7-18(3)13(21)8-20-9(2)10(14)5-16-20/h5-6H,4,7-8H2,1-3H3. The summed E-state index contributed by atoms with van der Waals surface area (Å²) >= 11 is 12.0. The monoisotopic (exact) mass is 329 g/mol. The molecule has 0 aliphatic heterocycles. The largest absolute Gasteiger partial charge is 0.338 e. The molecule has 0 aliphatic rings. The normalized spacial score (nSPS) is 10.9. The molecule has 0 spiro atoms. The molecule has 2 aromatic rings. The van der Waals surface area contributed by atoms with Gasteiger partial charge in [-0.1, -0.05) is 23.2 Å². The summed E-state index contributed by atoms with van der Waals surface area (Å²) < 4.78 is 3.32. The summed E-state index contributed by atoms with van der Waals surface area (Å²) in [5.41, 5.74) is 1.45. The molecule has 2 aromatic heterocycles. The molecule has 6 nitrogen and oxygen atoms in total. The van der Waals surface area contributed by atoms with E-state index in [0.717, 1.165) is 12.2 Å². The van der Waals surface area contributed by atoms with Crippen molar-refractivity contribution in [1.29, 1.82) is 0 Å². The van der Waals surface area contributed by atoms with Crippen LogP contribution in [0.25, 0.3) is 0 Å². The molecule has 0 radical (unpaired) electrons. The molecule has 0 atom stereocenters. The molecule has 21 heavy (non-hydrogen) atoms. The Kier molecular flexibility index (Phi) is 4.90. The van der Waals surface area contributed by atoms with Gasteiger partial charge in [0.1, 0.15) is 12.2 Å². The van der Waals surface area contributed by atoms with Crippen molar-refractivity contribution in [2.24, 2.45) is 0 Å². The fraction of sp³-hybridized carbons (Fsp3) is 0.462. The minimum atomic E-state index is -0.0834. The SMILES string of the molecule is CCn1cc(Cl)c(CN(C)C(=O)Cn2ncc(Cl)c2C)n1. The van der Waals surface area contributed by atoms with Crippen molar-refractivity contribution in [3.8, 4) is 0 Å². The van der Waals surface area contributed by atoms with Gasteiger partial charge in [0.25, 0.3) is 0 Å². The first-order chi connectivity index (χ1) is 9.92. The fourth-order valence-electron chi connectivity index (χ4n) is 1.85. The topological polar surface area (TPSA) is 56.0 Å². The molecule has 0 aromatic carbocycles. The van der Waals surface area contributed by atoms with Crippen LogP contribution in [0, 0.1) is 6.92 Å². The first-order valence-corrected chi connectivity index (χ1v) is 7.31. The van der Waals surface area contributed by atoms with Gasteiger partial charge in [-0.15, -0.1) is 0 Å². The Morgan fingerprint density at radius 3 is 2.62 bits per heavy atom. The van der Waals surface area contributed by atoms with E-state index in [0.29, 0.717) is 22.3 Å². The molecule has 114 valence electrons. The smallest absolute Gasteiger partial charge is 0.244 e. The molecular formula is C13H17Cl2N5O. The first kappa shape index (κ1) is 15.9. The lowest BCUT2D eigenvalue weighted by Crippen LogP contribution is -2.30. The molecule has 0 fully saturated rings. The fourth-order valence-corrected chi connectivity index (χ4v) is 2.20. The Balaban J connectivity index is 2.02. The molecule has 0 bridgehead atoms. The van der Waals surface area contributed by atoms with Gasteiger partial charge in [-0.2, -0.15) is 10.2 Å². The number of nitrogens with zero attached hydrogens (tertiary/aromatic N) is 5. The molecule has 2 rings (SSSR count). The Morgan fingerprint density at radius 2 is 2.10 bits per heavy atom. The third kappa shape index (κ3) is 3.57. The van der Waals surface area contributed by atoms with Gasteiger partial charge in [-0.3, -0.25) is 14.2 Å². The highest BCUT2D eigenvalue weighted by molar-refractivity contribution is 6.31. The summed E-state index contributed by atoms with van der Waals surface area (Å²) in [5.74, 6) is -0.0834. The Morgan fingerprint density at radius 1 is 1.38 bits per heavy atom. The van der Waals surface area contributed by atoms with Gasteiger partial charge in [-0.05, 0) is 13.8 Å². The van der Waals surface area contributed by atoms with Crippen LogP contribution in [0.5, 0.6) is 0 Å². The van der Waals surface area contributed by atoms with E-state index in [9.17, 15) is 4.79 Å². The summed E-state index contributed by atoms with van der Waals surface area (Å²) in [6.07, 6.45) is 3.29. The van der Waals surface area contributed by atoms with E-state index in [1.807, 2.05) is 13.8 Å². The number of hydrogen-bond acceptors (Lipinski definition) is 3. The van der Waals surface area contributed by atoms with Crippen LogP contribution in [0.15, 0.2) is 12.4 Å². The van der Waals surface area contributed by atoms with Crippen LogP contribution in [0.3, 0.4) is 0 Å². The van der Waals surface area contributed by atoms with Crippen LogP contribution in [0.1, 0.15) is 18.3 Å². The highest BCUT2D eigenvalue weighted by Crippen LogP contribution is 2.16. The molecule has 0 N–H and O–H groups in total. The lowest BCUT2D eigenvalue weighted by molar-refractivity contribution is -0.131. The van der Waals surface area contributed by atoms with E-state index < -0.39 is 0 Å². The van der Waals surface area contributed by atoms with Crippen LogP contribution in [0.2, 0.25) is 10.0 Å². The van der Waals surface area contributed by atoms with Gasteiger partial charge in [0.05, 0.1) is 28.5 Å². The highest BCUT2D eigenvalue weighted by atomic mass is 35.5. The van der Waals surface area contributed by atoms with Crippen LogP contribution in [-0.4, -0.2) is 37.4 Å². The average molecular weight is 330 g/mol. The molecule has 0 unspecified atom stereocenters. The second kappa shape index (κ2) is 6.49. The van der Waals surface area contributed by atoms with Gasteiger partial charge in [0.15, 0.2) is 0 Å². The van der Waals surface area contributed by atoms with E-state index in [2.05, 4.69) is 10.2 Å². The zero-order valence-electron chi connectivity index (χ0n) is 12.2. The minimum Gasteiger partial charge on any atom is -0.338 e. The van der Waals surface area contributed by atoms with Crippen LogP contribution in [-0.2, 0) is 24.4 Å². The molecule has 1 amide bonds. The molecule has 0 aliphatic carbocycles. The van der Waals surface area contributed by atoms with Gasteiger partial charge in [0, 0.05) is 19.8 Å². The summed E-state index contributed by atoms with van der Waals surface area (Å²) in [5, 5.41) is 9.51. The average Bonchev–Trinajstić information content (AvgIpc) is 2.96. The number of hydrogen-bond donors (Lipinski definition) is 0. The van der Waals surface area contributed by atoms with Crippen molar-refractivity contribution in [3.05, 3.63) is 33.8 Å². The minimum absolute atomic E-state index is 0.0834. The maximum absolute atomic E-state index is 12.2. The molecular weight excluding hydrogens is 313 g/mol. The molecule has 8 heteroatoms. The van der Waals surface area contributed by atoms with Crippen molar-refractivity contribution in [3.63, 3.8) is 0 Å². The summed E-state index contributed by atoms with van der Waals surface area (Å²) in [6, 6.07) is 0. The van der Waals surface area contributed by atoms with Gasteiger partial charge < -0.3 is 4.90 Å². The number of amides is 1. The second-order valence-corrected chi connectivity index (χ2v) is 5.58. The summed E-state index contributed by atoms with van der Waals surface area (Å²) in [7, 11) is 1.71. The van der Waals surface area contributed by atoms with E-state index in [-0.39, 0.29) is 12.5 Å². The molecule has 2 heterocycles. The summed E-state index contributed by atoms with van der Waals surface area (Å²) in [6.45, 7) is 5.04. The summed E-state index contributed by atoms with van der Waals surface area (Å²) in [4.78, 5) is 13.8. The van der Waals surface area contributed by atoms with E-state index >= 15 is 0 Å². The van der Waals surface area contributed by atoms with Gasteiger partial charge in [-0.25, -0.2) is 0 Å². The maximum atomic E-state index is 12.2. The number of carbonyl (C=O) groups is 1. The quantitative estimate of drug-likeness (QED) is 0.846. The van der Waals surface area contributed by atoms with Crippen molar-refractivity contribution < 1.29 is 4.79 Å². The van der Waals surface area contributed by atoms with Crippen molar-refractivity contribution in [1.82, 2.24) is 24.5 Å². The van der Waals surface area contributed by atoms with Crippen molar-refractivity contribution >= 4 is 29.1 Å². The lowest BCUT2D eigenvalue weighted by Gasteiger charge is -2.16. The second-order valence-electron chi connectivity index (χ2n) is 4.76. The zero-order valence-corrected chi connectivity index (χ0v) is 13.7. The van der Waals surface area contributed by atoms with Crippen LogP contribution in [0.4, 0.5) is 0 Å². The highest BCUT2D eigenvalue weighted by Gasteiger charge is 2.16. The number of aryl methyl sites for hydroxylation is 1. The number of rotatable bonds is 5. The lowest BCUT2D eigenvalue weighted by atomic mass is 10.4. The number of carbonyl (C=O) groups excluding carboxylic acids is 1. The van der Waals surface area contributed by atoms with Crippen LogP contribution >= 0.6 is 23.2 Å². The Labute approximate surface area is 133 Å². The third-order valence-electron chi connectivity index (χ3n) is 3.25. The van der Waals surface area contributed by atoms with Gasteiger partial charge in [0.2, 0.25) is 5.91 Å². The Bertz CT molecular complexity index is 649. The maximum Gasteiger partial charge on any atom is 0.244 e. The molecule has 0 saturated heterocycles. The van der Waals surface area contributed by atoms with Crippen molar-refractivity contribution in [2.75, 3.05) is 7.05 Å². The third-order valence-corrected chi connectivity index (χ3v) is 3.94. The van der Waals surface area contributed by atoms with Crippen molar-refractivity contribution in [2.45, 2.75) is 33.5 Å². The molecule has 0 saturated carbocycles. The Hall–Kier alpha value is -1.53. The van der Waals surface area contributed by atoms with E-state index in [1.165, 1.54) is 6.20 Å². The number of halogens is 2. The van der Waals surface area contributed by atoms with Gasteiger partial charge >= 0.3 is 0 Å². The predicted octanol–water partition coefficient (Wildman–Crippen LogP) is 2.37. The number of likely N-dealkylation sites (N-methyl/N-ethyl adjacent to an activating group) is 1. The zero-order chi connectivity index (χ0) is 15.6. The van der Waals surface area contributed by atoms with Crippen LogP contribution < -0.4 is 0 Å². The van der Waals surface area contributed by atoms with E-state index in [4.69, 9.17) is 23.2 Å².